The van der Waals surface area contributed by atoms with Gasteiger partial charge in [0.05, 0.1) is 5.69 Å². The fraction of sp³-hybridized carbons (Fsp3) is 0. The van der Waals surface area contributed by atoms with E-state index in [0.717, 1.165) is 10.2 Å². The van der Waals surface area contributed by atoms with Crippen LogP contribution in [0, 0.1) is 0 Å². The minimum atomic E-state index is -0.947. The number of aromatic nitrogens is 3. The number of hydrogen-bond donors (Lipinski definition) is 2. The fourth-order valence-corrected chi connectivity index (χ4v) is 2.74. The molecule has 0 unspecified atom stereocenters. The lowest BCUT2D eigenvalue weighted by Gasteiger charge is -1.97. The van der Waals surface area contributed by atoms with E-state index >= 15 is 0 Å². The Labute approximate surface area is 99.7 Å². The number of nitrogens with zero attached hydrogens (tertiary/aromatic N) is 2. The highest BCUT2D eigenvalue weighted by Gasteiger charge is 2.20. The standard InChI is InChI=1S/C11H7N3O2S/c15-11(16)9-8(7-3-5-13-14-7)6-2-1-4-12-10(6)17-9/h1-5H,(H,13,14)(H,15,16). The highest BCUT2D eigenvalue weighted by atomic mass is 32.1. The van der Waals surface area contributed by atoms with Crippen LogP contribution in [0.4, 0.5) is 0 Å². The number of H-pyrrole nitrogens is 1. The molecule has 0 radical (unpaired) electrons. The molecule has 0 aromatic carbocycles. The van der Waals surface area contributed by atoms with E-state index in [1.807, 2.05) is 6.07 Å². The SMILES string of the molecule is O=C(O)c1sc2ncccc2c1-c1ccn[nH]1. The number of thiophene rings is 1. The molecule has 5 nitrogen and oxygen atoms in total. The predicted octanol–water partition coefficient (Wildman–Crippen LogP) is 2.38. The molecule has 0 aliphatic carbocycles. The second kappa shape index (κ2) is 3.67. The molecule has 3 rings (SSSR count). The van der Waals surface area contributed by atoms with Crippen molar-refractivity contribution in [2.24, 2.45) is 0 Å². The van der Waals surface area contributed by atoms with E-state index in [0.29, 0.717) is 11.3 Å². The molecular formula is C11H7N3O2S. The van der Waals surface area contributed by atoms with Crippen molar-refractivity contribution < 1.29 is 9.90 Å². The number of pyridine rings is 1. The lowest BCUT2D eigenvalue weighted by Crippen LogP contribution is -1.94. The van der Waals surface area contributed by atoms with Crippen LogP contribution in [0.1, 0.15) is 9.67 Å². The molecule has 17 heavy (non-hydrogen) atoms. The van der Waals surface area contributed by atoms with Crippen LogP contribution in [0.5, 0.6) is 0 Å². The molecule has 0 aliphatic heterocycles. The van der Waals surface area contributed by atoms with Gasteiger partial charge < -0.3 is 5.11 Å². The van der Waals surface area contributed by atoms with E-state index < -0.39 is 5.97 Å². The lowest BCUT2D eigenvalue weighted by molar-refractivity contribution is 0.0703. The van der Waals surface area contributed by atoms with Crippen molar-refractivity contribution in [2.75, 3.05) is 0 Å². The maximum Gasteiger partial charge on any atom is 0.346 e. The molecule has 0 saturated heterocycles. The summed E-state index contributed by atoms with van der Waals surface area (Å²) in [7, 11) is 0. The first-order valence-corrected chi connectivity index (χ1v) is 5.69. The normalized spacial score (nSPS) is 10.8. The Morgan fingerprint density at radius 3 is 2.94 bits per heavy atom. The van der Waals surface area contributed by atoms with Crippen LogP contribution in [-0.4, -0.2) is 26.3 Å². The Balaban J connectivity index is 2.40. The van der Waals surface area contributed by atoms with E-state index in [4.69, 9.17) is 0 Å². The minimum Gasteiger partial charge on any atom is -0.477 e. The Morgan fingerprint density at radius 1 is 1.35 bits per heavy atom. The summed E-state index contributed by atoms with van der Waals surface area (Å²) in [5.74, 6) is -0.947. The van der Waals surface area contributed by atoms with Gasteiger partial charge in [-0.2, -0.15) is 5.10 Å². The molecule has 3 aromatic heterocycles. The van der Waals surface area contributed by atoms with Gasteiger partial charge in [-0.1, -0.05) is 0 Å². The van der Waals surface area contributed by atoms with Gasteiger partial charge in [0.2, 0.25) is 0 Å². The first kappa shape index (κ1) is 9.98. The van der Waals surface area contributed by atoms with E-state index in [1.165, 1.54) is 11.3 Å². The summed E-state index contributed by atoms with van der Waals surface area (Å²) in [4.78, 5) is 16.4. The fourth-order valence-electron chi connectivity index (χ4n) is 1.75. The quantitative estimate of drug-likeness (QED) is 0.726. The second-order valence-electron chi connectivity index (χ2n) is 3.44. The maximum absolute atomic E-state index is 11.2. The molecule has 2 N–H and O–H groups in total. The Morgan fingerprint density at radius 2 is 2.24 bits per heavy atom. The molecule has 0 bridgehead atoms. The van der Waals surface area contributed by atoms with E-state index in [9.17, 15) is 9.90 Å². The number of aromatic amines is 1. The molecule has 0 aliphatic rings. The van der Waals surface area contributed by atoms with Gasteiger partial charge in [-0.3, -0.25) is 5.10 Å². The lowest BCUT2D eigenvalue weighted by atomic mass is 10.1. The van der Waals surface area contributed by atoms with Gasteiger partial charge in [-0.15, -0.1) is 11.3 Å². The average Bonchev–Trinajstić information content (AvgIpc) is 2.94. The van der Waals surface area contributed by atoms with Crippen molar-refractivity contribution in [2.45, 2.75) is 0 Å². The number of hydrogen-bond acceptors (Lipinski definition) is 4. The number of carboxylic acids is 1. The average molecular weight is 245 g/mol. The summed E-state index contributed by atoms with van der Waals surface area (Å²) in [5, 5.41) is 16.7. The van der Waals surface area contributed by atoms with Crippen molar-refractivity contribution >= 4 is 27.5 Å². The molecule has 0 saturated carbocycles. The number of aromatic carboxylic acids is 1. The zero-order valence-corrected chi connectivity index (χ0v) is 9.36. The molecule has 0 spiro atoms. The van der Waals surface area contributed by atoms with Crippen LogP contribution < -0.4 is 0 Å². The maximum atomic E-state index is 11.2. The minimum absolute atomic E-state index is 0.281. The van der Waals surface area contributed by atoms with E-state index in [2.05, 4.69) is 15.2 Å². The molecular weight excluding hydrogens is 238 g/mol. The van der Waals surface area contributed by atoms with Crippen LogP contribution in [-0.2, 0) is 0 Å². The van der Waals surface area contributed by atoms with Gasteiger partial charge >= 0.3 is 5.97 Å². The number of carbonyl (C=O) groups is 1. The monoisotopic (exact) mass is 245 g/mol. The number of nitrogens with one attached hydrogen (secondary N) is 1. The van der Waals surface area contributed by atoms with E-state index in [1.54, 1.807) is 24.5 Å². The van der Waals surface area contributed by atoms with Gasteiger partial charge in [-0.25, -0.2) is 9.78 Å². The second-order valence-corrected chi connectivity index (χ2v) is 4.44. The summed E-state index contributed by atoms with van der Waals surface area (Å²) in [6, 6.07) is 5.41. The smallest absolute Gasteiger partial charge is 0.346 e. The van der Waals surface area contributed by atoms with Gasteiger partial charge in [0, 0.05) is 23.3 Å². The summed E-state index contributed by atoms with van der Waals surface area (Å²) < 4.78 is 0. The molecule has 0 fully saturated rings. The van der Waals surface area contributed by atoms with Gasteiger partial charge in [0.25, 0.3) is 0 Å². The third kappa shape index (κ3) is 1.50. The van der Waals surface area contributed by atoms with Crippen LogP contribution in [0.2, 0.25) is 0 Å². The Hall–Kier alpha value is -2.21. The number of fused-ring (bicyclic) bond motifs is 1. The van der Waals surface area contributed by atoms with Crippen molar-refractivity contribution in [3.63, 3.8) is 0 Å². The zero-order valence-electron chi connectivity index (χ0n) is 8.54. The van der Waals surface area contributed by atoms with Crippen LogP contribution in [0.15, 0.2) is 30.6 Å². The highest BCUT2D eigenvalue weighted by Crippen LogP contribution is 2.36. The molecule has 0 amide bonds. The molecule has 3 heterocycles. The Kier molecular flexibility index (Phi) is 2.15. The van der Waals surface area contributed by atoms with Crippen molar-refractivity contribution in [3.8, 4) is 11.3 Å². The Bertz CT molecular complexity index is 688. The number of carboxylic acid groups (broad SMARTS) is 1. The predicted molar refractivity (Wildman–Crippen MR) is 64.2 cm³/mol. The molecule has 6 heteroatoms. The van der Waals surface area contributed by atoms with Crippen LogP contribution in [0.25, 0.3) is 21.5 Å². The summed E-state index contributed by atoms with van der Waals surface area (Å²) in [6.07, 6.45) is 3.25. The van der Waals surface area contributed by atoms with Crippen LogP contribution in [0.3, 0.4) is 0 Å². The van der Waals surface area contributed by atoms with E-state index in [-0.39, 0.29) is 4.88 Å². The highest BCUT2D eigenvalue weighted by molar-refractivity contribution is 7.21. The third-order valence-electron chi connectivity index (χ3n) is 2.43. The third-order valence-corrected chi connectivity index (χ3v) is 3.53. The van der Waals surface area contributed by atoms with Gasteiger partial charge in [0.1, 0.15) is 9.71 Å². The van der Waals surface area contributed by atoms with Gasteiger partial charge in [-0.05, 0) is 18.2 Å². The largest absolute Gasteiger partial charge is 0.477 e. The van der Waals surface area contributed by atoms with Crippen molar-refractivity contribution in [3.05, 3.63) is 35.5 Å². The molecule has 0 atom stereocenters. The van der Waals surface area contributed by atoms with Crippen molar-refractivity contribution in [1.82, 2.24) is 15.2 Å². The van der Waals surface area contributed by atoms with Gasteiger partial charge in [0.15, 0.2) is 0 Å². The van der Waals surface area contributed by atoms with Crippen LogP contribution >= 0.6 is 11.3 Å². The molecule has 84 valence electrons. The zero-order chi connectivity index (χ0) is 11.8. The summed E-state index contributed by atoms with van der Waals surface area (Å²) >= 11 is 1.17. The number of rotatable bonds is 2. The topological polar surface area (TPSA) is 78.9 Å². The summed E-state index contributed by atoms with van der Waals surface area (Å²) in [5.41, 5.74) is 1.35. The molecule has 3 aromatic rings. The summed E-state index contributed by atoms with van der Waals surface area (Å²) in [6.45, 7) is 0. The first-order valence-electron chi connectivity index (χ1n) is 4.88. The van der Waals surface area contributed by atoms with Crippen molar-refractivity contribution in [1.29, 1.82) is 0 Å². The first-order chi connectivity index (χ1) is 8.27.